The monoisotopic (exact) mass is 301 g/mol. The Labute approximate surface area is 99.6 Å². The molecule has 0 fully saturated rings. The molecular formula is C9H24O3Sb. The third kappa shape index (κ3) is 2980. The molecule has 13 heavy (non-hydrogen) atoms. The van der Waals surface area contributed by atoms with Gasteiger partial charge in [-0.1, -0.05) is 0 Å². The summed E-state index contributed by atoms with van der Waals surface area (Å²) in [6.45, 7) is 10.3. The van der Waals surface area contributed by atoms with Gasteiger partial charge in [-0.15, -0.1) is 0 Å². The van der Waals surface area contributed by atoms with Gasteiger partial charge in [-0.2, -0.15) is 0 Å². The van der Waals surface area contributed by atoms with Crippen LogP contribution in [0.4, 0.5) is 0 Å². The predicted molar refractivity (Wildman–Crippen MR) is 57.8 cm³/mol. The minimum absolute atomic E-state index is 0. The Morgan fingerprint density at radius 1 is 0.538 bits per heavy atom. The van der Waals surface area contributed by atoms with Gasteiger partial charge in [-0.25, -0.2) is 0 Å². The molecule has 83 valence electrons. The summed E-state index contributed by atoms with van der Waals surface area (Å²) in [6.07, 6.45) is -0.500. The van der Waals surface area contributed by atoms with Gasteiger partial charge in [0.15, 0.2) is 0 Å². The van der Waals surface area contributed by atoms with Crippen LogP contribution in [0.2, 0.25) is 0 Å². The first-order valence-electron chi connectivity index (χ1n) is 4.24. The van der Waals surface area contributed by atoms with Crippen LogP contribution in [0.15, 0.2) is 0 Å². The van der Waals surface area contributed by atoms with Gasteiger partial charge in [-0.3, -0.25) is 0 Å². The van der Waals surface area contributed by atoms with E-state index in [1.165, 1.54) is 0 Å². The number of hydrogen-bond acceptors (Lipinski definition) is 3. The minimum Gasteiger partial charge on any atom is -0.394 e. The Balaban J connectivity index is -0.0000000450. The van der Waals surface area contributed by atoms with Crippen LogP contribution >= 0.6 is 0 Å². The second-order valence-electron chi connectivity index (χ2n) is 3.28. The maximum Gasteiger partial charge on any atom is 0.0483 e. The third-order valence-corrected chi connectivity index (χ3v) is 0. The number of aliphatic hydroxyl groups excluding tert-OH is 3. The van der Waals surface area contributed by atoms with Crippen LogP contribution in [0.25, 0.3) is 0 Å². The van der Waals surface area contributed by atoms with Crippen LogP contribution < -0.4 is 0 Å². The van der Waals surface area contributed by atoms with E-state index in [-0.39, 0.29) is 42.7 Å². The van der Waals surface area contributed by atoms with E-state index in [2.05, 4.69) is 0 Å². The third-order valence-electron chi connectivity index (χ3n) is 0. The van der Waals surface area contributed by atoms with Crippen molar-refractivity contribution in [2.75, 3.05) is 0 Å². The number of rotatable bonds is 0. The second-order valence-corrected chi connectivity index (χ2v) is 3.28. The molecule has 3 N–H and O–H groups in total. The molecule has 0 spiro atoms. The summed E-state index contributed by atoms with van der Waals surface area (Å²) in [4.78, 5) is 0. The Bertz CT molecular complexity index is 43.4. The van der Waals surface area contributed by atoms with Crippen molar-refractivity contribution in [1.82, 2.24) is 0 Å². The van der Waals surface area contributed by atoms with Crippen LogP contribution in [-0.2, 0) is 0 Å². The van der Waals surface area contributed by atoms with E-state index in [1.54, 1.807) is 41.5 Å². The SMILES string of the molecule is CC(C)O.CC(C)O.CC(C)O.[Sb]. The molecule has 0 aromatic carbocycles. The van der Waals surface area contributed by atoms with E-state index in [1.807, 2.05) is 0 Å². The molecule has 0 rings (SSSR count). The zero-order valence-corrected chi connectivity index (χ0v) is 12.1. The molecule has 0 bridgehead atoms. The molecule has 0 aliphatic heterocycles. The molecule has 0 aliphatic carbocycles. The van der Waals surface area contributed by atoms with Crippen molar-refractivity contribution in [2.45, 2.75) is 59.9 Å². The molecule has 0 aromatic heterocycles. The molecular weight excluding hydrogens is 278 g/mol. The fourth-order valence-corrected chi connectivity index (χ4v) is 0. The summed E-state index contributed by atoms with van der Waals surface area (Å²) in [7, 11) is 0. The molecule has 0 saturated heterocycles. The van der Waals surface area contributed by atoms with Gasteiger partial charge in [0.2, 0.25) is 0 Å². The van der Waals surface area contributed by atoms with Gasteiger partial charge in [0, 0.05) is 42.7 Å². The summed E-state index contributed by atoms with van der Waals surface area (Å²) >= 11 is 0. The summed E-state index contributed by atoms with van der Waals surface area (Å²) in [5.74, 6) is 0. The molecule has 3 nitrogen and oxygen atoms in total. The van der Waals surface area contributed by atoms with Crippen LogP contribution in [0.3, 0.4) is 0 Å². The van der Waals surface area contributed by atoms with E-state index >= 15 is 0 Å². The molecule has 0 heterocycles. The fraction of sp³-hybridized carbons (Fsp3) is 1.00. The fourth-order valence-electron chi connectivity index (χ4n) is 0. The first-order valence-corrected chi connectivity index (χ1v) is 4.24. The summed E-state index contributed by atoms with van der Waals surface area (Å²) in [5, 5.41) is 24.2. The molecule has 0 aliphatic rings. The Morgan fingerprint density at radius 2 is 0.538 bits per heavy atom. The average molecular weight is 302 g/mol. The van der Waals surface area contributed by atoms with E-state index in [4.69, 9.17) is 15.3 Å². The van der Waals surface area contributed by atoms with Gasteiger partial charge in [0.25, 0.3) is 0 Å². The molecule has 3 radical (unpaired) electrons. The van der Waals surface area contributed by atoms with Crippen molar-refractivity contribution in [3.63, 3.8) is 0 Å². The van der Waals surface area contributed by atoms with Gasteiger partial charge in [0.05, 0.1) is 0 Å². The molecule has 4 heteroatoms. The molecule has 0 amide bonds. The van der Waals surface area contributed by atoms with E-state index in [9.17, 15) is 0 Å². The van der Waals surface area contributed by atoms with Crippen molar-refractivity contribution in [1.29, 1.82) is 0 Å². The van der Waals surface area contributed by atoms with Crippen molar-refractivity contribution in [3.8, 4) is 0 Å². The van der Waals surface area contributed by atoms with Crippen LogP contribution in [0.1, 0.15) is 41.5 Å². The van der Waals surface area contributed by atoms with Crippen molar-refractivity contribution in [2.24, 2.45) is 0 Å². The standard InChI is InChI=1S/3C3H8O.Sb/c3*1-3(2)4;/h3*3-4H,1-2H3;. The van der Waals surface area contributed by atoms with Gasteiger partial charge in [0.1, 0.15) is 0 Å². The Hall–Kier alpha value is 0.698. The maximum absolute atomic E-state index is 8.06. The smallest absolute Gasteiger partial charge is 0.0483 e. The van der Waals surface area contributed by atoms with E-state index in [0.29, 0.717) is 0 Å². The summed E-state index contributed by atoms with van der Waals surface area (Å²) in [6, 6.07) is 0. The molecule has 0 atom stereocenters. The molecule has 0 aromatic rings. The zero-order chi connectivity index (χ0) is 10.7. The predicted octanol–water partition coefficient (Wildman–Crippen LogP) is 0.780. The molecule has 0 saturated carbocycles. The van der Waals surface area contributed by atoms with E-state index < -0.39 is 0 Å². The largest absolute Gasteiger partial charge is 0.394 e. The van der Waals surface area contributed by atoms with Crippen molar-refractivity contribution in [3.05, 3.63) is 0 Å². The van der Waals surface area contributed by atoms with Gasteiger partial charge in [-0.05, 0) is 41.5 Å². The molecule has 0 unspecified atom stereocenters. The summed E-state index contributed by atoms with van der Waals surface area (Å²) < 4.78 is 0. The maximum atomic E-state index is 8.06. The topological polar surface area (TPSA) is 60.7 Å². The van der Waals surface area contributed by atoms with Gasteiger partial charge < -0.3 is 15.3 Å². The summed E-state index contributed by atoms with van der Waals surface area (Å²) in [5.41, 5.74) is 0. The number of hydrogen-bond donors (Lipinski definition) is 3. The van der Waals surface area contributed by atoms with Crippen molar-refractivity contribution < 1.29 is 15.3 Å². The first kappa shape index (κ1) is 23.5. The Morgan fingerprint density at radius 3 is 0.538 bits per heavy atom. The van der Waals surface area contributed by atoms with Crippen LogP contribution in [0, 0.1) is 0 Å². The van der Waals surface area contributed by atoms with Crippen molar-refractivity contribution >= 4 is 24.4 Å². The first-order chi connectivity index (χ1) is 5.20. The zero-order valence-electron chi connectivity index (χ0n) is 9.52. The van der Waals surface area contributed by atoms with Crippen LogP contribution in [-0.4, -0.2) is 58.1 Å². The Kier molecular flexibility index (Phi) is 33.4. The minimum atomic E-state index is -0.167. The van der Waals surface area contributed by atoms with Gasteiger partial charge >= 0.3 is 0 Å². The average Bonchev–Trinajstić information content (AvgIpc) is 1.54. The van der Waals surface area contributed by atoms with Crippen LogP contribution in [0.5, 0.6) is 0 Å². The second kappa shape index (κ2) is 18.5. The quantitative estimate of drug-likeness (QED) is 0.580. The van der Waals surface area contributed by atoms with E-state index in [0.717, 1.165) is 0 Å². The normalized spacial score (nSPS) is 8.31. The number of aliphatic hydroxyl groups is 3.